The first-order chi connectivity index (χ1) is 10.6. The van der Waals surface area contributed by atoms with E-state index in [4.69, 9.17) is 0 Å². The Morgan fingerprint density at radius 3 is 1.87 bits per heavy atom. The average molecular weight is 354 g/mol. The molecule has 0 aliphatic carbocycles. The second-order valence-corrected chi connectivity index (χ2v) is 5.90. The number of hydrogen-bond donors (Lipinski definition) is 0. The molecule has 2 aromatic carbocycles. The van der Waals surface area contributed by atoms with Crippen molar-refractivity contribution in [3.63, 3.8) is 0 Å². The zero-order valence-corrected chi connectivity index (χ0v) is 17.0. The molecule has 0 N–H and O–H groups in total. The largest absolute Gasteiger partial charge is 2.00 e. The Morgan fingerprint density at radius 1 is 0.826 bits per heavy atom. The standard InChI is InChI=1S/C13H21.C9H13.Fe/c1-5-10-9-11(6-2)13(8-4)12(10)7-3;1-3-8-5-6-9(4-2)7-8;/h9H,5-8H2,1-4H3;5-7H,3-4H2,1-2H3;/q2*-1;+2. The monoisotopic (exact) mass is 354 g/mol. The van der Waals surface area contributed by atoms with E-state index < -0.39 is 0 Å². The van der Waals surface area contributed by atoms with Crippen LogP contribution in [0, 0.1) is 0 Å². The van der Waals surface area contributed by atoms with E-state index in [0.717, 1.165) is 0 Å². The molecule has 0 spiro atoms. The zero-order chi connectivity index (χ0) is 16.5. The van der Waals surface area contributed by atoms with Crippen LogP contribution in [-0.2, 0) is 55.6 Å². The number of hydrogen-bond acceptors (Lipinski definition) is 0. The number of rotatable bonds is 6. The molecule has 23 heavy (non-hydrogen) atoms. The summed E-state index contributed by atoms with van der Waals surface area (Å²) in [5, 5.41) is 0. The third kappa shape index (κ3) is 5.97. The summed E-state index contributed by atoms with van der Waals surface area (Å²) in [5.74, 6) is 0. The Bertz CT molecular complexity index is 497. The van der Waals surface area contributed by atoms with Gasteiger partial charge in [0, 0.05) is 0 Å². The van der Waals surface area contributed by atoms with Crippen LogP contribution in [0.15, 0.2) is 24.3 Å². The molecule has 0 unspecified atom stereocenters. The molecular weight excluding hydrogens is 320 g/mol. The summed E-state index contributed by atoms with van der Waals surface area (Å²) in [6, 6.07) is 9.11. The van der Waals surface area contributed by atoms with Gasteiger partial charge >= 0.3 is 17.1 Å². The first-order valence-electron chi connectivity index (χ1n) is 9.18. The fourth-order valence-corrected chi connectivity index (χ4v) is 3.27. The molecule has 0 radical (unpaired) electrons. The smallest absolute Gasteiger partial charge is 0.207 e. The van der Waals surface area contributed by atoms with E-state index in [1.807, 2.05) is 0 Å². The van der Waals surface area contributed by atoms with Gasteiger partial charge in [0.2, 0.25) is 0 Å². The second kappa shape index (κ2) is 11.7. The molecule has 0 aromatic heterocycles. The van der Waals surface area contributed by atoms with Crippen molar-refractivity contribution in [3.8, 4) is 0 Å². The predicted octanol–water partition coefficient (Wildman–Crippen LogP) is 6.18. The summed E-state index contributed by atoms with van der Waals surface area (Å²) in [6.45, 7) is 13.4. The van der Waals surface area contributed by atoms with E-state index in [1.165, 1.54) is 49.7 Å². The van der Waals surface area contributed by atoms with Crippen LogP contribution in [0.5, 0.6) is 0 Å². The number of aryl methyl sites for hydroxylation is 4. The summed E-state index contributed by atoms with van der Waals surface area (Å²) in [6.07, 6.45) is 7.12. The Hall–Kier alpha value is -0.781. The van der Waals surface area contributed by atoms with Gasteiger partial charge in [-0.15, -0.1) is 0 Å². The molecule has 0 fully saturated rings. The topological polar surface area (TPSA) is 0 Å². The van der Waals surface area contributed by atoms with Crippen molar-refractivity contribution in [2.24, 2.45) is 0 Å². The van der Waals surface area contributed by atoms with E-state index in [-0.39, 0.29) is 17.1 Å². The van der Waals surface area contributed by atoms with Crippen molar-refractivity contribution >= 4 is 0 Å². The molecule has 0 saturated heterocycles. The summed E-state index contributed by atoms with van der Waals surface area (Å²) < 4.78 is 0. The zero-order valence-electron chi connectivity index (χ0n) is 15.9. The predicted molar refractivity (Wildman–Crippen MR) is 100 cm³/mol. The molecule has 2 rings (SSSR count). The molecular formula is C22H34Fe. The van der Waals surface area contributed by atoms with Crippen molar-refractivity contribution in [2.75, 3.05) is 0 Å². The van der Waals surface area contributed by atoms with E-state index in [2.05, 4.69) is 65.8 Å². The third-order valence-corrected chi connectivity index (χ3v) is 4.66. The average Bonchev–Trinajstić information content (AvgIpc) is 3.17. The Morgan fingerprint density at radius 2 is 1.52 bits per heavy atom. The molecule has 130 valence electrons. The third-order valence-electron chi connectivity index (χ3n) is 4.66. The van der Waals surface area contributed by atoms with Crippen LogP contribution in [-0.4, -0.2) is 0 Å². The van der Waals surface area contributed by atoms with Crippen LogP contribution in [0.2, 0.25) is 0 Å². The molecule has 0 nitrogen and oxygen atoms in total. The van der Waals surface area contributed by atoms with Gasteiger partial charge in [-0.25, -0.2) is 12.1 Å². The molecule has 0 aliphatic rings. The van der Waals surface area contributed by atoms with Gasteiger partial charge in [0.25, 0.3) is 0 Å². The first-order valence-corrected chi connectivity index (χ1v) is 9.18. The van der Waals surface area contributed by atoms with Crippen LogP contribution in [0.4, 0.5) is 0 Å². The second-order valence-electron chi connectivity index (χ2n) is 5.90. The van der Waals surface area contributed by atoms with Gasteiger partial charge in [0.05, 0.1) is 0 Å². The van der Waals surface area contributed by atoms with Gasteiger partial charge in [-0.1, -0.05) is 80.1 Å². The van der Waals surface area contributed by atoms with Crippen LogP contribution in [0.1, 0.15) is 74.9 Å². The quantitative estimate of drug-likeness (QED) is 0.429. The van der Waals surface area contributed by atoms with Gasteiger partial charge in [-0.3, -0.25) is 0 Å². The Balaban J connectivity index is 0.000000427. The van der Waals surface area contributed by atoms with Crippen molar-refractivity contribution in [2.45, 2.75) is 80.1 Å². The van der Waals surface area contributed by atoms with Gasteiger partial charge in [-0.2, -0.15) is 45.5 Å². The molecule has 0 aliphatic heterocycles. The minimum absolute atomic E-state index is 0. The molecule has 0 heterocycles. The van der Waals surface area contributed by atoms with E-state index in [1.54, 1.807) is 22.3 Å². The van der Waals surface area contributed by atoms with Crippen LogP contribution >= 0.6 is 0 Å². The maximum absolute atomic E-state index is 2.41. The van der Waals surface area contributed by atoms with Gasteiger partial charge in [0.1, 0.15) is 0 Å². The van der Waals surface area contributed by atoms with E-state index >= 15 is 0 Å². The molecule has 0 saturated carbocycles. The van der Waals surface area contributed by atoms with Crippen LogP contribution in [0.3, 0.4) is 0 Å². The van der Waals surface area contributed by atoms with Gasteiger partial charge in [-0.05, 0) is 0 Å². The van der Waals surface area contributed by atoms with E-state index in [0.29, 0.717) is 0 Å². The Labute approximate surface area is 154 Å². The Kier molecular flexibility index (Phi) is 11.3. The summed E-state index contributed by atoms with van der Waals surface area (Å²) in [5.41, 5.74) is 9.34. The van der Waals surface area contributed by atoms with E-state index in [9.17, 15) is 0 Å². The SMILES string of the molecule is CCc1c[cH-]c(CC)c1.CCc1cc(CC)[c-](CC)c1CC.[Fe+2]. The van der Waals surface area contributed by atoms with Crippen LogP contribution < -0.4 is 0 Å². The fraction of sp³-hybridized carbons (Fsp3) is 0.545. The van der Waals surface area contributed by atoms with Gasteiger partial charge < -0.3 is 0 Å². The molecule has 0 bridgehead atoms. The van der Waals surface area contributed by atoms with Crippen molar-refractivity contribution < 1.29 is 17.1 Å². The summed E-state index contributed by atoms with van der Waals surface area (Å²) >= 11 is 0. The molecule has 0 atom stereocenters. The molecule has 0 amide bonds. The molecule has 2 aromatic rings. The fourth-order valence-electron chi connectivity index (χ4n) is 3.27. The molecule has 1 heteroatoms. The van der Waals surface area contributed by atoms with Crippen LogP contribution in [0.25, 0.3) is 0 Å². The summed E-state index contributed by atoms with van der Waals surface area (Å²) in [4.78, 5) is 0. The van der Waals surface area contributed by atoms with Gasteiger partial charge in [0.15, 0.2) is 0 Å². The maximum atomic E-state index is 2.41. The normalized spacial score (nSPS) is 10.0. The summed E-state index contributed by atoms with van der Waals surface area (Å²) in [7, 11) is 0. The first kappa shape index (κ1) is 22.2. The van der Waals surface area contributed by atoms with Crippen molar-refractivity contribution in [1.29, 1.82) is 0 Å². The minimum atomic E-state index is 0. The minimum Gasteiger partial charge on any atom is -0.207 e. The van der Waals surface area contributed by atoms with Crippen molar-refractivity contribution in [1.82, 2.24) is 0 Å². The maximum Gasteiger partial charge on any atom is 2.00 e. The van der Waals surface area contributed by atoms with Crippen molar-refractivity contribution in [3.05, 3.63) is 57.6 Å².